The second-order valence-corrected chi connectivity index (χ2v) is 4.57. The lowest BCUT2D eigenvalue weighted by Crippen LogP contribution is -2.11. The van der Waals surface area contributed by atoms with E-state index in [0.717, 1.165) is 23.4 Å². The number of carbonyl (C=O) groups is 2. The summed E-state index contributed by atoms with van der Waals surface area (Å²) in [5.74, 6) is -0.0114. The molecule has 0 atom stereocenters. The largest absolute Gasteiger partial charge is 0.493 e. The molecule has 1 aromatic rings. The zero-order valence-electron chi connectivity index (χ0n) is 10.6. The molecule has 1 aliphatic heterocycles. The minimum atomic E-state index is -0.820. The highest BCUT2D eigenvalue weighted by atomic mass is 16.5. The third kappa shape index (κ3) is 3.98. The number of carboxylic acid groups (broad SMARTS) is 1. The van der Waals surface area contributed by atoms with Gasteiger partial charge < -0.3 is 15.2 Å². The summed E-state index contributed by atoms with van der Waals surface area (Å²) >= 11 is 0. The van der Waals surface area contributed by atoms with Crippen molar-refractivity contribution in [2.75, 3.05) is 11.9 Å². The first-order valence-corrected chi connectivity index (χ1v) is 6.42. The number of benzene rings is 1. The van der Waals surface area contributed by atoms with Crippen LogP contribution in [0.2, 0.25) is 0 Å². The van der Waals surface area contributed by atoms with Gasteiger partial charge in [0.15, 0.2) is 0 Å². The van der Waals surface area contributed by atoms with E-state index in [1.54, 1.807) is 0 Å². The Morgan fingerprint density at radius 3 is 2.84 bits per heavy atom. The van der Waals surface area contributed by atoms with Gasteiger partial charge in [0.05, 0.1) is 6.61 Å². The average Bonchev–Trinajstić information content (AvgIpc) is 2.82. The van der Waals surface area contributed by atoms with E-state index < -0.39 is 5.97 Å². The first kappa shape index (κ1) is 13.4. The summed E-state index contributed by atoms with van der Waals surface area (Å²) in [5.41, 5.74) is 1.89. The highest BCUT2D eigenvalue weighted by Gasteiger charge is 2.12. The second-order valence-electron chi connectivity index (χ2n) is 4.57. The normalized spacial score (nSPS) is 12.6. The maximum atomic E-state index is 11.7. The number of anilines is 1. The molecule has 5 heteroatoms. The molecule has 0 saturated heterocycles. The Morgan fingerprint density at radius 1 is 1.26 bits per heavy atom. The molecular formula is C14H17NO4. The summed E-state index contributed by atoms with van der Waals surface area (Å²) in [5, 5.41) is 11.3. The van der Waals surface area contributed by atoms with Crippen molar-refractivity contribution in [2.45, 2.75) is 32.1 Å². The summed E-state index contributed by atoms with van der Waals surface area (Å²) in [4.78, 5) is 22.0. The first-order chi connectivity index (χ1) is 9.15. The van der Waals surface area contributed by atoms with E-state index in [4.69, 9.17) is 9.84 Å². The van der Waals surface area contributed by atoms with Gasteiger partial charge in [-0.05, 0) is 36.6 Å². The topological polar surface area (TPSA) is 75.6 Å². The van der Waals surface area contributed by atoms with Gasteiger partial charge in [-0.25, -0.2) is 0 Å². The fourth-order valence-electron chi connectivity index (χ4n) is 2.05. The third-order valence-corrected chi connectivity index (χ3v) is 3.02. The van der Waals surface area contributed by atoms with Crippen LogP contribution < -0.4 is 10.1 Å². The number of rotatable bonds is 6. The maximum Gasteiger partial charge on any atom is 0.303 e. The molecule has 5 nitrogen and oxygen atoms in total. The van der Waals surface area contributed by atoms with Crippen LogP contribution >= 0.6 is 0 Å². The average molecular weight is 263 g/mol. The number of fused-ring (bicyclic) bond motifs is 1. The quantitative estimate of drug-likeness (QED) is 0.771. The van der Waals surface area contributed by atoms with Gasteiger partial charge in [-0.15, -0.1) is 0 Å². The van der Waals surface area contributed by atoms with Crippen LogP contribution in [0.3, 0.4) is 0 Å². The standard InChI is InChI=1S/C14H17NO4/c16-13(3-1-2-4-14(17)18)15-11-5-6-12-10(9-11)7-8-19-12/h5-6,9H,1-4,7-8H2,(H,15,16)(H,17,18). The SMILES string of the molecule is O=C(O)CCCCC(=O)Nc1ccc2c(c1)CCO2. The molecular weight excluding hydrogens is 246 g/mol. The lowest BCUT2D eigenvalue weighted by molar-refractivity contribution is -0.137. The van der Waals surface area contributed by atoms with E-state index in [1.807, 2.05) is 18.2 Å². The summed E-state index contributed by atoms with van der Waals surface area (Å²) < 4.78 is 5.39. The summed E-state index contributed by atoms with van der Waals surface area (Å²) in [6.45, 7) is 0.696. The van der Waals surface area contributed by atoms with Gasteiger partial charge in [-0.1, -0.05) is 0 Å². The fraction of sp³-hybridized carbons (Fsp3) is 0.429. The van der Waals surface area contributed by atoms with E-state index in [1.165, 1.54) is 0 Å². The molecule has 0 unspecified atom stereocenters. The molecule has 0 aliphatic carbocycles. The molecule has 2 N–H and O–H groups in total. The number of hydrogen-bond acceptors (Lipinski definition) is 3. The van der Waals surface area contributed by atoms with Gasteiger partial charge in [0.2, 0.25) is 5.91 Å². The molecule has 0 radical (unpaired) electrons. The highest BCUT2D eigenvalue weighted by Crippen LogP contribution is 2.27. The lowest BCUT2D eigenvalue weighted by Gasteiger charge is -2.06. The van der Waals surface area contributed by atoms with Crippen molar-refractivity contribution in [3.63, 3.8) is 0 Å². The van der Waals surface area contributed by atoms with E-state index in [2.05, 4.69) is 5.32 Å². The van der Waals surface area contributed by atoms with Crippen molar-refractivity contribution in [1.29, 1.82) is 0 Å². The van der Waals surface area contributed by atoms with Crippen LogP contribution in [0.4, 0.5) is 5.69 Å². The Kier molecular flexibility index (Phi) is 4.39. The Balaban J connectivity index is 1.77. The number of amides is 1. The fourth-order valence-corrected chi connectivity index (χ4v) is 2.05. The van der Waals surface area contributed by atoms with E-state index in [0.29, 0.717) is 25.9 Å². The molecule has 19 heavy (non-hydrogen) atoms. The van der Waals surface area contributed by atoms with E-state index in [-0.39, 0.29) is 12.3 Å². The van der Waals surface area contributed by atoms with Crippen molar-refractivity contribution < 1.29 is 19.4 Å². The van der Waals surface area contributed by atoms with E-state index in [9.17, 15) is 9.59 Å². The van der Waals surface area contributed by atoms with Crippen LogP contribution in [0.1, 0.15) is 31.2 Å². The molecule has 1 aliphatic rings. The van der Waals surface area contributed by atoms with Crippen molar-refractivity contribution in [1.82, 2.24) is 0 Å². The van der Waals surface area contributed by atoms with Crippen LogP contribution in [-0.4, -0.2) is 23.6 Å². The van der Waals surface area contributed by atoms with Gasteiger partial charge in [-0.3, -0.25) is 9.59 Å². The van der Waals surface area contributed by atoms with Gasteiger partial charge in [0.25, 0.3) is 0 Å². The predicted octanol–water partition coefficient (Wildman–Crippen LogP) is 2.21. The molecule has 0 bridgehead atoms. The zero-order valence-corrected chi connectivity index (χ0v) is 10.6. The molecule has 0 saturated carbocycles. The first-order valence-electron chi connectivity index (χ1n) is 6.42. The van der Waals surface area contributed by atoms with Crippen LogP contribution in [0.15, 0.2) is 18.2 Å². The van der Waals surface area contributed by atoms with Crippen LogP contribution in [0.25, 0.3) is 0 Å². The van der Waals surface area contributed by atoms with Gasteiger partial charge in [-0.2, -0.15) is 0 Å². The van der Waals surface area contributed by atoms with Crippen molar-refractivity contribution >= 4 is 17.6 Å². The van der Waals surface area contributed by atoms with Crippen molar-refractivity contribution in [3.05, 3.63) is 23.8 Å². The van der Waals surface area contributed by atoms with Crippen molar-refractivity contribution in [2.24, 2.45) is 0 Å². The molecule has 0 aromatic heterocycles. The molecule has 0 spiro atoms. The van der Waals surface area contributed by atoms with E-state index >= 15 is 0 Å². The molecule has 1 amide bonds. The van der Waals surface area contributed by atoms with Crippen LogP contribution in [-0.2, 0) is 16.0 Å². The second kappa shape index (κ2) is 6.22. The van der Waals surface area contributed by atoms with Gasteiger partial charge >= 0.3 is 5.97 Å². The number of carbonyl (C=O) groups excluding carboxylic acids is 1. The van der Waals surface area contributed by atoms with Gasteiger partial charge in [0.1, 0.15) is 5.75 Å². The molecule has 1 aromatic carbocycles. The summed E-state index contributed by atoms with van der Waals surface area (Å²) in [6, 6.07) is 5.61. The molecule has 0 fully saturated rings. The lowest BCUT2D eigenvalue weighted by atomic mass is 10.1. The molecule has 2 rings (SSSR count). The predicted molar refractivity (Wildman–Crippen MR) is 70.4 cm³/mol. The number of carboxylic acids is 1. The Labute approximate surface area is 111 Å². The zero-order chi connectivity index (χ0) is 13.7. The smallest absolute Gasteiger partial charge is 0.303 e. The summed E-state index contributed by atoms with van der Waals surface area (Å²) in [7, 11) is 0. The maximum absolute atomic E-state index is 11.7. The minimum Gasteiger partial charge on any atom is -0.493 e. The Hall–Kier alpha value is -2.04. The third-order valence-electron chi connectivity index (χ3n) is 3.02. The van der Waals surface area contributed by atoms with Crippen LogP contribution in [0.5, 0.6) is 5.75 Å². The number of aliphatic carboxylic acids is 1. The number of ether oxygens (including phenoxy) is 1. The number of unbranched alkanes of at least 4 members (excludes halogenated alkanes) is 1. The van der Waals surface area contributed by atoms with Crippen molar-refractivity contribution in [3.8, 4) is 5.75 Å². The Morgan fingerprint density at radius 2 is 2.05 bits per heavy atom. The molecule has 1 heterocycles. The van der Waals surface area contributed by atoms with Crippen LogP contribution in [0, 0.1) is 0 Å². The van der Waals surface area contributed by atoms with Gasteiger partial charge in [0, 0.05) is 24.9 Å². The Bertz CT molecular complexity index is 484. The number of hydrogen-bond donors (Lipinski definition) is 2. The molecule has 102 valence electrons. The monoisotopic (exact) mass is 263 g/mol. The highest BCUT2D eigenvalue weighted by molar-refractivity contribution is 5.90. The summed E-state index contributed by atoms with van der Waals surface area (Å²) in [6.07, 6.45) is 2.45. The minimum absolute atomic E-state index is 0.0794. The number of nitrogens with one attached hydrogen (secondary N) is 1.